The first-order valence-electron chi connectivity index (χ1n) is 10.4. The van der Waals surface area contributed by atoms with Gasteiger partial charge in [0.15, 0.2) is 0 Å². The monoisotopic (exact) mass is 347 g/mol. The predicted molar refractivity (Wildman–Crippen MR) is 104 cm³/mol. The Kier molecular flexibility index (Phi) is 7.01. The van der Waals surface area contributed by atoms with Crippen molar-refractivity contribution in [3.8, 4) is 0 Å². The van der Waals surface area contributed by atoms with Crippen molar-refractivity contribution in [1.82, 2.24) is 4.98 Å². The fourth-order valence-corrected chi connectivity index (χ4v) is 5.30. The van der Waals surface area contributed by atoms with Gasteiger partial charge in [-0.05, 0) is 73.8 Å². The van der Waals surface area contributed by atoms with Crippen molar-refractivity contribution >= 4 is 11.6 Å². The molecule has 0 amide bonds. The van der Waals surface area contributed by atoms with Crippen LogP contribution >= 0.6 is 11.6 Å². The van der Waals surface area contributed by atoms with E-state index in [1.165, 1.54) is 82.6 Å². The summed E-state index contributed by atoms with van der Waals surface area (Å²) in [7, 11) is 0. The molecule has 0 radical (unpaired) electrons. The van der Waals surface area contributed by atoms with Crippen molar-refractivity contribution in [1.29, 1.82) is 0 Å². The van der Waals surface area contributed by atoms with Crippen LogP contribution in [0.4, 0.5) is 0 Å². The van der Waals surface area contributed by atoms with E-state index >= 15 is 0 Å². The minimum Gasteiger partial charge on any atom is -0.244 e. The molecular weight excluding hydrogens is 314 g/mol. The normalized spacial score (nSPS) is 31.1. The Morgan fingerprint density at radius 3 is 2.17 bits per heavy atom. The van der Waals surface area contributed by atoms with Crippen LogP contribution in [0.1, 0.15) is 95.5 Å². The van der Waals surface area contributed by atoms with Gasteiger partial charge in [0.25, 0.3) is 0 Å². The predicted octanol–water partition coefficient (Wildman–Crippen LogP) is 7.40. The molecule has 0 atom stereocenters. The van der Waals surface area contributed by atoms with Crippen LogP contribution in [0.2, 0.25) is 5.15 Å². The fourth-order valence-electron chi connectivity index (χ4n) is 5.18. The summed E-state index contributed by atoms with van der Waals surface area (Å²) in [5.74, 6) is 3.79. The van der Waals surface area contributed by atoms with Gasteiger partial charge in [0.2, 0.25) is 0 Å². The van der Waals surface area contributed by atoms with Crippen molar-refractivity contribution in [3.63, 3.8) is 0 Å². The summed E-state index contributed by atoms with van der Waals surface area (Å²) in [6.45, 7) is 2.31. The molecule has 0 saturated heterocycles. The Morgan fingerprint density at radius 2 is 1.58 bits per heavy atom. The third kappa shape index (κ3) is 4.97. The molecule has 0 unspecified atom stereocenters. The van der Waals surface area contributed by atoms with Crippen LogP contribution in [-0.4, -0.2) is 4.98 Å². The van der Waals surface area contributed by atoms with Crippen LogP contribution in [0.15, 0.2) is 18.3 Å². The largest absolute Gasteiger partial charge is 0.244 e. The molecule has 2 saturated carbocycles. The van der Waals surface area contributed by atoms with Gasteiger partial charge in [0.1, 0.15) is 5.15 Å². The summed E-state index contributed by atoms with van der Waals surface area (Å²) in [4.78, 5) is 4.27. The molecule has 24 heavy (non-hydrogen) atoms. The molecule has 3 rings (SSSR count). The second-order valence-corrected chi connectivity index (χ2v) is 8.69. The zero-order valence-corrected chi connectivity index (χ0v) is 16.1. The first-order valence-corrected chi connectivity index (χ1v) is 10.8. The summed E-state index contributed by atoms with van der Waals surface area (Å²) in [5, 5.41) is 0.614. The molecule has 1 aromatic heterocycles. The van der Waals surface area contributed by atoms with E-state index in [4.69, 9.17) is 11.6 Å². The van der Waals surface area contributed by atoms with Crippen molar-refractivity contribution < 1.29 is 0 Å². The highest BCUT2D eigenvalue weighted by molar-refractivity contribution is 6.29. The third-order valence-electron chi connectivity index (χ3n) is 6.77. The molecule has 2 fully saturated rings. The van der Waals surface area contributed by atoms with Gasteiger partial charge >= 0.3 is 0 Å². The highest BCUT2D eigenvalue weighted by Gasteiger charge is 2.31. The maximum Gasteiger partial charge on any atom is 0.129 e. The van der Waals surface area contributed by atoms with E-state index in [1.807, 2.05) is 12.3 Å². The number of halogens is 1. The number of rotatable bonds is 6. The van der Waals surface area contributed by atoms with Gasteiger partial charge in [-0.15, -0.1) is 0 Å². The van der Waals surface area contributed by atoms with Crippen LogP contribution in [0, 0.1) is 17.8 Å². The van der Waals surface area contributed by atoms with Gasteiger partial charge in [0.05, 0.1) is 0 Å². The lowest BCUT2D eigenvalue weighted by atomic mass is 9.68. The minimum absolute atomic E-state index is 0.614. The molecule has 2 aliphatic rings. The summed E-state index contributed by atoms with van der Waals surface area (Å²) in [5.41, 5.74) is 1.40. The molecular formula is C22H34ClN. The zero-order chi connectivity index (χ0) is 16.8. The van der Waals surface area contributed by atoms with Crippen LogP contribution in [0.3, 0.4) is 0 Å². The van der Waals surface area contributed by atoms with Crippen LogP contribution in [-0.2, 0) is 0 Å². The molecule has 0 bridgehead atoms. The van der Waals surface area contributed by atoms with E-state index in [9.17, 15) is 0 Å². The quantitative estimate of drug-likeness (QED) is 0.386. The number of unbranched alkanes of at least 4 members (excludes halogenated alkanes) is 2. The molecule has 0 N–H and O–H groups in total. The van der Waals surface area contributed by atoms with Gasteiger partial charge in [-0.2, -0.15) is 0 Å². The van der Waals surface area contributed by atoms with Gasteiger partial charge in [-0.25, -0.2) is 4.98 Å². The molecule has 0 aliphatic heterocycles. The Hall–Kier alpha value is -0.560. The number of nitrogens with zero attached hydrogens (tertiary/aromatic N) is 1. The van der Waals surface area contributed by atoms with Crippen molar-refractivity contribution in [2.75, 3.05) is 0 Å². The summed E-state index contributed by atoms with van der Waals surface area (Å²) in [6, 6.07) is 4.13. The fraction of sp³-hybridized carbons (Fsp3) is 0.773. The van der Waals surface area contributed by atoms with Gasteiger partial charge < -0.3 is 0 Å². The maximum atomic E-state index is 5.92. The second kappa shape index (κ2) is 9.22. The summed E-state index contributed by atoms with van der Waals surface area (Å²) < 4.78 is 0. The van der Waals surface area contributed by atoms with Crippen molar-refractivity contribution in [2.45, 2.75) is 89.9 Å². The average molecular weight is 348 g/mol. The lowest BCUT2D eigenvalue weighted by molar-refractivity contribution is 0.155. The van der Waals surface area contributed by atoms with Gasteiger partial charge in [0, 0.05) is 6.20 Å². The summed E-state index contributed by atoms with van der Waals surface area (Å²) >= 11 is 5.92. The Morgan fingerprint density at radius 1 is 0.917 bits per heavy atom. The SMILES string of the molecule is CCCCCC1CCC(C2CCC(c3ccc(Cl)nc3)CC2)CC1. The number of hydrogen-bond donors (Lipinski definition) is 0. The zero-order valence-electron chi connectivity index (χ0n) is 15.4. The van der Waals surface area contributed by atoms with E-state index in [-0.39, 0.29) is 0 Å². The lowest BCUT2D eigenvalue weighted by Crippen LogP contribution is -2.25. The summed E-state index contributed by atoms with van der Waals surface area (Å²) in [6.07, 6.45) is 19.4. The topological polar surface area (TPSA) is 12.9 Å². The standard InChI is InChI=1S/C22H34ClN/c1-2-3-4-5-17-6-8-18(9-7-17)19-10-12-20(13-11-19)21-14-15-22(23)24-16-21/h14-20H,2-13H2,1H3. The number of aromatic nitrogens is 1. The molecule has 0 spiro atoms. The number of pyridine rings is 1. The van der Waals surface area contributed by atoms with Gasteiger partial charge in [-0.3, -0.25) is 0 Å². The molecule has 1 aromatic rings. The maximum absolute atomic E-state index is 5.92. The number of hydrogen-bond acceptors (Lipinski definition) is 1. The highest BCUT2D eigenvalue weighted by atomic mass is 35.5. The van der Waals surface area contributed by atoms with E-state index in [0.29, 0.717) is 5.15 Å². The molecule has 134 valence electrons. The molecule has 1 nitrogen and oxygen atoms in total. The smallest absolute Gasteiger partial charge is 0.129 e. The molecule has 2 heteroatoms. The van der Waals surface area contributed by atoms with Crippen molar-refractivity contribution in [2.24, 2.45) is 17.8 Å². The van der Waals surface area contributed by atoms with Crippen LogP contribution in [0.5, 0.6) is 0 Å². The average Bonchev–Trinajstić information content (AvgIpc) is 2.63. The molecule has 0 aromatic carbocycles. The first kappa shape index (κ1) is 18.2. The highest BCUT2D eigenvalue weighted by Crippen LogP contribution is 2.44. The lowest BCUT2D eigenvalue weighted by Gasteiger charge is -2.38. The van der Waals surface area contributed by atoms with E-state index in [1.54, 1.807) is 0 Å². The van der Waals surface area contributed by atoms with E-state index < -0.39 is 0 Å². The van der Waals surface area contributed by atoms with Gasteiger partial charge in [-0.1, -0.05) is 63.1 Å². The second-order valence-electron chi connectivity index (χ2n) is 8.30. The van der Waals surface area contributed by atoms with E-state index in [0.717, 1.165) is 23.7 Å². The molecule has 2 aliphatic carbocycles. The molecule has 1 heterocycles. The van der Waals surface area contributed by atoms with Crippen LogP contribution in [0.25, 0.3) is 0 Å². The Labute approximate surface area is 153 Å². The Balaban J connectivity index is 1.40. The van der Waals surface area contributed by atoms with Crippen molar-refractivity contribution in [3.05, 3.63) is 29.0 Å². The Bertz CT molecular complexity index is 467. The van der Waals surface area contributed by atoms with Crippen LogP contribution < -0.4 is 0 Å². The first-order chi connectivity index (χ1) is 11.8. The minimum atomic E-state index is 0.614. The van der Waals surface area contributed by atoms with E-state index in [2.05, 4.69) is 18.0 Å². The third-order valence-corrected chi connectivity index (χ3v) is 6.99.